The fraction of sp³-hybridized carbons (Fsp3) is 0.577. The third kappa shape index (κ3) is 7.59. The van der Waals surface area contributed by atoms with Crippen molar-refractivity contribution in [3.63, 3.8) is 0 Å². The zero-order valence-corrected chi connectivity index (χ0v) is 20.3. The molecule has 0 spiro atoms. The van der Waals surface area contributed by atoms with Crippen LogP contribution < -0.4 is 11.3 Å². The summed E-state index contributed by atoms with van der Waals surface area (Å²) in [5.74, 6) is 1.57. The molecule has 4 N–H and O–H groups in total. The van der Waals surface area contributed by atoms with Crippen LogP contribution >= 0.6 is 0 Å². The Labute approximate surface area is 192 Å². The first-order valence-corrected chi connectivity index (χ1v) is 11.4. The van der Waals surface area contributed by atoms with Crippen LogP contribution in [0, 0.1) is 35.0 Å². The Morgan fingerprint density at radius 2 is 1.59 bits per heavy atom. The van der Waals surface area contributed by atoms with E-state index < -0.39 is 29.1 Å². The number of carboxylic acids is 1. The van der Waals surface area contributed by atoms with Gasteiger partial charge < -0.3 is 5.11 Å². The second kappa shape index (κ2) is 12.5. The van der Waals surface area contributed by atoms with Gasteiger partial charge in [0, 0.05) is 6.42 Å². The molecule has 1 unspecified atom stereocenters. The quantitative estimate of drug-likeness (QED) is 0.232. The second-order valence-corrected chi connectivity index (χ2v) is 9.96. The molecule has 0 heterocycles. The third-order valence-electron chi connectivity index (χ3n) is 5.66. The Hall–Kier alpha value is -2.47. The minimum absolute atomic E-state index is 0.0361. The van der Waals surface area contributed by atoms with E-state index >= 15 is 0 Å². The summed E-state index contributed by atoms with van der Waals surface area (Å²) in [4.78, 5) is 39.4. The Kier molecular flexibility index (Phi) is 10.8. The van der Waals surface area contributed by atoms with Crippen LogP contribution in [0.25, 0.3) is 6.08 Å². The number of amides is 1. The largest absolute Gasteiger partial charge is 0.481 e. The average Bonchev–Trinajstić information content (AvgIpc) is 2.70. The van der Waals surface area contributed by atoms with E-state index in [1.54, 1.807) is 6.08 Å². The Morgan fingerprint density at radius 1 is 1.00 bits per heavy atom. The van der Waals surface area contributed by atoms with Crippen LogP contribution in [-0.2, 0) is 14.4 Å². The topological polar surface area (TPSA) is 109 Å². The fourth-order valence-electron chi connectivity index (χ4n) is 4.49. The first-order chi connectivity index (χ1) is 14.9. The fourth-order valence-corrected chi connectivity index (χ4v) is 4.49. The number of benzene rings is 1. The zero-order chi connectivity index (χ0) is 24.5. The number of hydrogen-bond acceptors (Lipinski definition) is 4. The molecular formula is C26H40N2O4. The summed E-state index contributed by atoms with van der Waals surface area (Å²) in [5.41, 5.74) is 1.67. The standard InChI is InChI=1S/C26H40N2O4/c1-17(2)14-21(24(30)28-27)23(25(31)32)26(16-19(5)6,22(29)15-18(3)4)13-12-20-10-8-7-9-11-20/h7-13,17-19,21,23H,14-16,27H2,1-6H3,(H,28,30)(H,31,32)/b13-12+/t21-,23-,26?/m1/s1. The summed E-state index contributed by atoms with van der Waals surface area (Å²) in [7, 11) is 0. The average molecular weight is 445 g/mol. The van der Waals surface area contributed by atoms with Crippen LogP contribution in [0.4, 0.5) is 0 Å². The molecule has 0 bridgehead atoms. The molecule has 6 heteroatoms. The SMILES string of the molecule is CC(C)CC(=O)C(/C=C/c1ccccc1)(CC(C)C)[C@@H](C(=O)O)[C@@H](CC(C)C)C(=O)NN. The molecule has 0 saturated carbocycles. The number of hydrogen-bond donors (Lipinski definition) is 3. The van der Waals surface area contributed by atoms with Crippen molar-refractivity contribution in [2.45, 2.75) is 60.8 Å². The minimum atomic E-state index is -1.34. The van der Waals surface area contributed by atoms with Crippen molar-refractivity contribution in [2.75, 3.05) is 0 Å². The summed E-state index contributed by atoms with van der Waals surface area (Å²) in [6.45, 7) is 11.7. The smallest absolute Gasteiger partial charge is 0.308 e. The highest BCUT2D eigenvalue weighted by atomic mass is 16.4. The summed E-state index contributed by atoms with van der Waals surface area (Å²) < 4.78 is 0. The number of carbonyl (C=O) groups excluding carboxylic acids is 2. The van der Waals surface area contributed by atoms with E-state index in [9.17, 15) is 19.5 Å². The summed E-state index contributed by atoms with van der Waals surface area (Å²) >= 11 is 0. The van der Waals surface area contributed by atoms with Gasteiger partial charge in [-0.2, -0.15) is 0 Å². The maximum Gasteiger partial charge on any atom is 0.308 e. The number of hydrazine groups is 1. The normalized spacial score (nSPS) is 15.7. The Bertz CT molecular complexity index is 786. The molecule has 1 amide bonds. The maximum atomic E-state index is 13.8. The molecule has 0 aliphatic carbocycles. The number of nitrogens with one attached hydrogen (secondary N) is 1. The molecule has 32 heavy (non-hydrogen) atoms. The van der Waals surface area contributed by atoms with E-state index in [0.29, 0.717) is 12.8 Å². The van der Waals surface area contributed by atoms with E-state index in [-0.39, 0.29) is 30.0 Å². The van der Waals surface area contributed by atoms with Crippen LogP contribution in [0.5, 0.6) is 0 Å². The van der Waals surface area contributed by atoms with Gasteiger partial charge in [0.1, 0.15) is 5.78 Å². The molecule has 6 nitrogen and oxygen atoms in total. The van der Waals surface area contributed by atoms with Crippen LogP contribution in [0.15, 0.2) is 36.4 Å². The van der Waals surface area contributed by atoms with Gasteiger partial charge in [-0.25, -0.2) is 5.84 Å². The third-order valence-corrected chi connectivity index (χ3v) is 5.66. The van der Waals surface area contributed by atoms with Crippen molar-refractivity contribution in [3.8, 4) is 0 Å². The first kappa shape index (κ1) is 27.6. The predicted molar refractivity (Wildman–Crippen MR) is 128 cm³/mol. The predicted octanol–water partition coefficient (Wildman–Crippen LogP) is 4.70. The van der Waals surface area contributed by atoms with E-state index in [2.05, 4.69) is 5.43 Å². The van der Waals surface area contributed by atoms with Crippen LogP contribution in [-0.4, -0.2) is 22.8 Å². The van der Waals surface area contributed by atoms with Crippen molar-refractivity contribution in [2.24, 2.45) is 40.8 Å². The number of nitrogens with two attached hydrogens (primary N) is 1. The second-order valence-electron chi connectivity index (χ2n) is 9.96. The molecule has 0 fully saturated rings. The van der Waals surface area contributed by atoms with Crippen LogP contribution in [0.2, 0.25) is 0 Å². The van der Waals surface area contributed by atoms with Gasteiger partial charge in [0.2, 0.25) is 5.91 Å². The highest BCUT2D eigenvalue weighted by Gasteiger charge is 2.52. The summed E-state index contributed by atoms with van der Waals surface area (Å²) in [6, 6.07) is 9.47. The molecule has 1 rings (SSSR count). The van der Waals surface area contributed by atoms with E-state index in [4.69, 9.17) is 5.84 Å². The monoisotopic (exact) mass is 444 g/mol. The number of carbonyl (C=O) groups is 3. The molecule has 178 valence electrons. The van der Waals surface area contributed by atoms with E-state index in [1.165, 1.54) is 0 Å². The summed E-state index contributed by atoms with van der Waals surface area (Å²) in [6.07, 6.45) is 4.42. The lowest BCUT2D eigenvalue weighted by Gasteiger charge is -2.40. The van der Waals surface area contributed by atoms with Gasteiger partial charge in [0.15, 0.2) is 0 Å². The molecular weight excluding hydrogens is 404 g/mol. The number of allylic oxidation sites excluding steroid dienone is 1. The lowest BCUT2D eigenvalue weighted by atomic mass is 9.60. The first-order valence-electron chi connectivity index (χ1n) is 11.4. The van der Waals surface area contributed by atoms with Crippen molar-refractivity contribution in [1.82, 2.24) is 5.43 Å². The van der Waals surface area contributed by atoms with Crippen molar-refractivity contribution < 1.29 is 19.5 Å². The number of ketones is 1. The van der Waals surface area contributed by atoms with Gasteiger partial charge in [-0.15, -0.1) is 0 Å². The molecule has 3 atom stereocenters. The Balaban J connectivity index is 3.81. The number of aliphatic carboxylic acids is 1. The van der Waals surface area contributed by atoms with Gasteiger partial charge in [-0.05, 0) is 36.2 Å². The molecule has 1 aromatic rings. The number of carboxylic acid groups (broad SMARTS) is 1. The number of Topliss-reactive ketones (excluding diaryl/α,β-unsaturated/α-hetero) is 1. The molecule has 0 saturated heterocycles. The number of rotatable bonds is 13. The highest BCUT2D eigenvalue weighted by Crippen LogP contribution is 2.45. The van der Waals surface area contributed by atoms with Crippen molar-refractivity contribution in [1.29, 1.82) is 0 Å². The van der Waals surface area contributed by atoms with Crippen LogP contribution in [0.1, 0.15) is 66.4 Å². The lowest BCUT2D eigenvalue weighted by molar-refractivity contribution is -0.157. The summed E-state index contributed by atoms with van der Waals surface area (Å²) in [5, 5.41) is 10.4. The van der Waals surface area contributed by atoms with E-state index in [1.807, 2.05) is 78.0 Å². The maximum absolute atomic E-state index is 13.8. The van der Waals surface area contributed by atoms with E-state index in [0.717, 1.165) is 5.56 Å². The molecule has 1 aromatic carbocycles. The zero-order valence-electron chi connectivity index (χ0n) is 20.3. The van der Waals surface area contributed by atoms with Crippen molar-refractivity contribution >= 4 is 23.7 Å². The minimum Gasteiger partial charge on any atom is -0.481 e. The van der Waals surface area contributed by atoms with Gasteiger partial charge in [-0.1, -0.05) is 84.0 Å². The lowest BCUT2D eigenvalue weighted by Crippen LogP contribution is -2.51. The van der Waals surface area contributed by atoms with Crippen molar-refractivity contribution in [3.05, 3.63) is 42.0 Å². The molecule has 0 aliphatic heterocycles. The van der Waals surface area contributed by atoms with Gasteiger partial charge in [0.25, 0.3) is 0 Å². The van der Waals surface area contributed by atoms with Gasteiger partial charge >= 0.3 is 5.97 Å². The van der Waals surface area contributed by atoms with Gasteiger partial charge in [0.05, 0.1) is 17.3 Å². The van der Waals surface area contributed by atoms with Gasteiger partial charge in [-0.3, -0.25) is 19.8 Å². The molecule has 0 aliphatic rings. The molecule has 0 aromatic heterocycles. The Morgan fingerprint density at radius 3 is 2.03 bits per heavy atom. The van der Waals surface area contributed by atoms with Crippen LogP contribution in [0.3, 0.4) is 0 Å². The highest BCUT2D eigenvalue weighted by molar-refractivity contribution is 5.95. The molecule has 0 radical (unpaired) electrons.